The van der Waals surface area contributed by atoms with E-state index in [1.54, 1.807) is 21.0 Å². The van der Waals surface area contributed by atoms with E-state index in [-0.39, 0.29) is 5.91 Å². The van der Waals surface area contributed by atoms with Crippen LogP contribution in [0, 0.1) is 13.8 Å². The van der Waals surface area contributed by atoms with Gasteiger partial charge in [0.1, 0.15) is 17.1 Å². The van der Waals surface area contributed by atoms with Crippen LogP contribution >= 0.6 is 0 Å². The molecule has 5 heteroatoms. The Morgan fingerprint density at radius 1 is 1.35 bits per heavy atom. The topological polar surface area (TPSA) is 64.4 Å². The van der Waals surface area contributed by atoms with E-state index in [1.165, 1.54) is 0 Å². The van der Waals surface area contributed by atoms with Crippen molar-refractivity contribution in [3.05, 3.63) is 46.8 Å². The van der Waals surface area contributed by atoms with Gasteiger partial charge in [0.05, 0.1) is 12.8 Å². The monoisotopic (exact) mass is 274 g/mol. The van der Waals surface area contributed by atoms with Gasteiger partial charge in [-0.2, -0.15) is 0 Å². The summed E-state index contributed by atoms with van der Waals surface area (Å²) in [6.07, 6.45) is 0.707. The minimum absolute atomic E-state index is 0.156. The highest BCUT2D eigenvalue weighted by molar-refractivity contribution is 5.96. The fourth-order valence-corrected chi connectivity index (χ4v) is 2.12. The van der Waals surface area contributed by atoms with Crippen LogP contribution in [0.3, 0.4) is 0 Å². The Morgan fingerprint density at radius 2 is 2.10 bits per heavy atom. The van der Waals surface area contributed by atoms with E-state index in [4.69, 9.17) is 9.26 Å². The van der Waals surface area contributed by atoms with E-state index in [0.29, 0.717) is 30.0 Å². The van der Waals surface area contributed by atoms with Crippen molar-refractivity contribution in [2.75, 3.05) is 13.7 Å². The summed E-state index contributed by atoms with van der Waals surface area (Å²) < 4.78 is 10.3. The van der Waals surface area contributed by atoms with Gasteiger partial charge in [0.2, 0.25) is 0 Å². The zero-order valence-corrected chi connectivity index (χ0v) is 11.9. The summed E-state index contributed by atoms with van der Waals surface area (Å²) in [5, 5.41) is 6.65. The Bertz CT molecular complexity index is 585. The Morgan fingerprint density at radius 3 is 2.75 bits per heavy atom. The molecular weight excluding hydrogens is 256 g/mol. The van der Waals surface area contributed by atoms with Crippen LogP contribution in [0.1, 0.15) is 27.4 Å². The fourth-order valence-electron chi connectivity index (χ4n) is 2.12. The number of nitrogens with one attached hydrogen (secondary N) is 1. The molecule has 0 unspecified atom stereocenters. The third kappa shape index (κ3) is 2.99. The van der Waals surface area contributed by atoms with Crippen LogP contribution in [0.4, 0.5) is 0 Å². The summed E-state index contributed by atoms with van der Waals surface area (Å²) >= 11 is 0. The molecule has 1 aromatic heterocycles. The molecule has 2 aromatic rings. The van der Waals surface area contributed by atoms with Gasteiger partial charge in [-0.05, 0) is 31.9 Å². The van der Waals surface area contributed by atoms with E-state index >= 15 is 0 Å². The van der Waals surface area contributed by atoms with Gasteiger partial charge in [-0.15, -0.1) is 0 Å². The van der Waals surface area contributed by atoms with Gasteiger partial charge < -0.3 is 14.6 Å². The molecular formula is C15H18N2O3. The molecule has 0 aliphatic rings. The number of methoxy groups -OCH3 is 1. The van der Waals surface area contributed by atoms with E-state index in [2.05, 4.69) is 10.5 Å². The lowest BCUT2D eigenvalue weighted by Gasteiger charge is -2.09. The number of rotatable bonds is 5. The molecule has 0 bridgehead atoms. The maximum absolute atomic E-state index is 12.0. The number of aryl methyl sites for hydroxylation is 2. The predicted octanol–water partition coefficient (Wildman–Crippen LogP) is 2.27. The van der Waals surface area contributed by atoms with Crippen molar-refractivity contribution < 1.29 is 14.1 Å². The van der Waals surface area contributed by atoms with Gasteiger partial charge in [0.25, 0.3) is 5.91 Å². The largest absolute Gasteiger partial charge is 0.496 e. The van der Waals surface area contributed by atoms with Gasteiger partial charge in [-0.3, -0.25) is 4.79 Å². The Kier molecular flexibility index (Phi) is 4.40. The van der Waals surface area contributed by atoms with Crippen molar-refractivity contribution >= 4 is 5.91 Å². The normalized spacial score (nSPS) is 10.3. The van der Waals surface area contributed by atoms with E-state index in [0.717, 1.165) is 11.3 Å². The van der Waals surface area contributed by atoms with Gasteiger partial charge in [-0.25, -0.2) is 0 Å². The maximum Gasteiger partial charge on any atom is 0.256 e. The zero-order valence-electron chi connectivity index (χ0n) is 11.9. The van der Waals surface area contributed by atoms with Crippen LogP contribution in [-0.4, -0.2) is 24.7 Å². The Balaban J connectivity index is 1.95. The van der Waals surface area contributed by atoms with Gasteiger partial charge in [0.15, 0.2) is 0 Å². The molecule has 5 nitrogen and oxygen atoms in total. The van der Waals surface area contributed by atoms with Crippen LogP contribution in [0.5, 0.6) is 5.75 Å². The summed E-state index contributed by atoms with van der Waals surface area (Å²) in [5.41, 5.74) is 2.19. The highest BCUT2D eigenvalue weighted by Crippen LogP contribution is 2.17. The molecule has 0 radical (unpaired) electrons. The van der Waals surface area contributed by atoms with Gasteiger partial charge >= 0.3 is 0 Å². The van der Waals surface area contributed by atoms with Crippen molar-refractivity contribution in [2.24, 2.45) is 0 Å². The Hall–Kier alpha value is -2.30. The first kappa shape index (κ1) is 14.1. The second-order valence-electron chi connectivity index (χ2n) is 4.52. The standard InChI is InChI=1S/C15H18N2O3/c1-10-14(11(2)20-17-10)15(18)16-9-8-12-6-4-5-7-13(12)19-3/h4-7H,8-9H2,1-3H3,(H,16,18). The number of hydrogen-bond acceptors (Lipinski definition) is 4. The summed E-state index contributed by atoms with van der Waals surface area (Å²) in [6.45, 7) is 4.02. The number of ether oxygens (including phenoxy) is 1. The minimum Gasteiger partial charge on any atom is -0.496 e. The second-order valence-corrected chi connectivity index (χ2v) is 4.52. The van der Waals surface area contributed by atoms with E-state index in [1.807, 2.05) is 24.3 Å². The summed E-state index contributed by atoms with van der Waals surface area (Å²) in [5.74, 6) is 1.22. The quantitative estimate of drug-likeness (QED) is 0.908. The number of hydrogen-bond donors (Lipinski definition) is 1. The number of carbonyl (C=O) groups is 1. The van der Waals surface area contributed by atoms with Crippen LogP contribution in [0.2, 0.25) is 0 Å². The fraction of sp³-hybridized carbons (Fsp3) is 0.333. The maximum atomic E-state index is 12.0. The lowest BCUT2D eigenvalue weighted by molar-refractivity contribution is 0.0952. The number of para-hydroxylation sites is 1. The minimum atomic E-state index is -0.156. The number of benzene rings is 1. The first-order chi connectivity index (χ1) is 9.63. The number of aromatic nitrogens is 1. The molecule has 0 aliphatic carbocycles. The molecule has 1 aromatic carbocycles. The third-order valence-electron chi connectivity index (χ3n) is 3.13. The number of carbonyl (C=O) groups excluding carboxylic acids is 1. The molecule has 0 spiro atoms. The zero-order chi connectivity index (χ0) is 14.5. The first-order valence-electron chi connectivity index (χ1n) is 6.46. The molecule has 1 heterocycles. The Labute approximate surface area is 117 Å². The molecule has 20 heavy (non-hydrogen) atoms. The first-order valence-corrected chi connectivity index (χ1v) is 6.46. The van der Waals surface area contributed by atoms with Gasteiger partial charge in [0, 0.05) is 6.54 Å². The molecule has 0 aliphatic heterocycles. The third-order valence-corrected chi connectivity index (χ3v) is 3.13. The summed E-state index contributed by atoms with van der Waals surface area (Å²) in [4.78, 5) is 12.0. The van der Waals surface area contributed by atoms with Crippen LogP contribution < -0.4 is 10.1 Å². The van der Waals surface area contributed by atoms with Crippen LogP contribution in [0.25, 0.3) is 0 Å². The highest BCUT2D eigenvalue weighted by Gasteiger charge is 2.16. The highest BCUT2D eigenvalue weighted by atomic mass is 16.5. The van der Waals surface area contributed by atoms with Crippen molar-refractivity contribution in [3.8, 4) is 5.75 Å². The number of amides is 1. The van der Waals surface area contributed by atoms with Gasteiger partial charge in [-0.1, -0.05) is 23.4 Å². The lowest BCUT2D eigenvalue weighted by Crippen LogP contribution is -2.26. The SMILES string of the molecule is COc1ccccc1CCNC(=O)c1c(C)noc1C. The molecule has 0 atom stereocenters. The molecule has 1 N–H and O–H groups in total. The van der Waals surface area contributed by atoms with Crippen molar-refractivity contribution in [3.63, 3.8) is 0 Å². The van der Waals surface area contributed by atoms with Crippen molar-refractivity contribution in [1.82, 2.24) is 10.5 Å². The molecule has 0 saturated heterocycles. The molecule has 1 amide bonds. The molecule has 0 saturated carbocycles. The smallest absolute Gasteiger partial charge is 0.256 e. The summed E-state index contributed by atoms with van der Waals surface area (Å²) in [6, 6.07) is 7.77. The average molecular weight is 274 g/mol. The average Bonchev–Trinajstić information content (AvgIpc) is 2.78. The number of nitrogens with zero attached hydrogens (tertiary/aromatic N) is 1. The van der Waals surface area contributed by atoms with Crippen LogP contribution in [0.15, 0.2) is 28.8 Å². The second kappa shape index (κ2) is 6.23. The van der Waals surface area contributed by atoms with E-state index in [9.17, 15) is 4.79 Å². The predicted molar refractivity (Wildman–Crippen MR) is 75.0 cm³/mol. The van der Waals surface area contributed by atoms with E-state index < -0.39 is 0 Å². The molecule has 2 rings (SSSR count). The van der Waals surface area contributed by atoms with Crippen molar-refractivity contribution in [1.29, 1.82) is 0 Å². The van der Waals surface area contributed by atoms with Crippen molar-refractivity contribution in [2.45, 2.75) is 20.3 Å². The molecule has 106 valence electrons. The lowest BCUT2D eigenvalue weighted by atomic mass is 10.1. The van der Waals surface area contributed by atoms with Crippen LogP contribution in [-0.2, 0) is 6.42 Å². The summed E-state index contributed by atoms with van der Waals surface area (Å²) in [7, 11) is 1.64. The molecule has 0 fully saturated rings.